The third-order valence-electron chi connectivity index (χ3n) is 11.3. The zero-order valence-corrected chi connectivity index (χ0v) is 35.3. The number of nitrogens with one attached hydrogen (secondary N) is 2. The van der Waals surface area contributed by atoms with Crippen LogP contribution in [0, 0.1) is 29.6 Å². The van der Waals surface area contributed by atoms with Crippen molar-refractivity contribution in [1.29, 1.82) is 0 Å². The summed E-state index contributed by atoms with van der Waals surface area (Å²) in [4.78, 5) is 65.7. The molecule has 14 heteroatoms. The third kappa shape index (κ3) is 8.66. The minimum Gasteiger partial charge on any atom is -0.488 e. The second-order valence-electron chi connectivity index (χ2n) is 16.8. The number of Topliss-reactive ketones (excluding diaryl/α,β-unsaturated/α-hetero) is 1. The summed E-state index contributed by atoms with van der Waals surface area (Å²) in [5.41, 5.74) is 1.67. The number of likely N-dealkylation sites (tertiary alicyclic amines) is 1. The molecule has 3 N–H and O–H groups in total. The maximum atomic E-state index is 14.6. The molecule has 1 aliphatic heterocycles. The first-order chi connectivity index (χ1) is 26.4. The van der Waals surface area contributed by atoms with Crippen LogP contribution in [0.3, 0.4) is 0 Å². The summed E-state index contributed by atoms with van der Waals surface area (Å²) in [7, 11) is 0. The van der Waals surface area contributed by atoms with E-state index in [4.69, 9.17) is 19.4 Å². The molecule has 1 aromatic carbocycles. The number of carbonyl (C=O) groups is 4. The molecule has 300 valence electrons. The topological polar surface area (TPSA) is 160 Å². The minimum atomic E-state index is -1.26. The molecule has 2 aliphatic carbocycles. The van der Waals surface area contributed by atoms with Gasteiger partial charge in [0.2, 0.25) is 5.91 Å². The number of amides is 2. The van der Waals surface area contributed by atoms with E-state index in [1.807, 2.05) is 65.1 Å². The van der Waals surface area contributed by atoms with Crippen molar-refractivity contribution in [1.82, 2.24) is 20.2 Å². The minimum absolute atomic E-state index is 0.0282. The first kappa shape index (κ1) is 41.3. The molecule has 3 aromatic rings. The van der Waals surface area contributed by atoms with E-state index in [2.05, 4.69) is 39.7 Å². The normalized spacial score (nSPS) is 22.9. The molecule has 5 atom stereocenters. The monoisotopic (exact) mass is 849 g/mol. The number of hydrogen-bond acceptors (Lipinski definition) is 10. The lowest BCUT2D eigenvalue weighted by Crippen LogP contribution is -2.57. The lowest BCUT2D eigenvalue weighted by molar-refractivity contribution is -0.147. The molecule has 3 aliphatic rings. The predicted octanol–water partition coefficient (Wildman–Crippen LogP) is 8.68. The Labute approximate surface area is 340 Å². The Morgan fingerprint density at radius 3 is 2.48 bits per heavy atom. The Hall–Kier alpha value is -4.30. The Bertz CT molecular complexity index is 2050. The molecule has 0 radical (unpaired) electrons. The number of hydrogen-bond donors (Lipinski definition) is 3. The quantitative estimate of drug-likeness (QED) is 0.134. The van der Waals surface area contributed by atoms with Crippen molar-refractivity contribution in [3.8, 4) is 17.1 Å². The van der Waals surface area contributed by atoms with E-state index in [1.165, 1.54) is 16.2 Å². The van der Waals surface area contributed by atoms with E-state index in [9.17, 15) is 24.3 Å². The molecule has 3 heterocycles. The molecule has 6 rings (SSSR count). The van der Waals surface area contributed by atoms with Gasteiger partial charge >= 0.3 is 12.1 Å². The van der Waals surface area contributed by atoms with E-state index in [0.717, 1.165) is 46.8 Å². The molecule has 1 saturated heterocycles. The molecule has 3 fully saturated rings. The summed E-state index contributed by atoms with van der Waals surface area (Å²) < 4.78 is 13.2. The number of aliphatic carboxylic acids is 1. The number of ether oxygens (including phenoxy) is 2. The molecular formula is C42H52BrN5O7S. The van der Waals surface area contributed by atoms with Crippen molar-refractivity contribution >= 4 is 67.1 Å². The van der Waals surface area contributed by atoms with Crippen molar-refractivity contribution in [2.75, 3.05) is 11.9 Å². The van der Waals surface area contributed by atoms with Crippen LogP contribution in [-0.4, -0.2) is 74.6 Å². The fraction of sp³-hybridized carbons (Fsp3) is 0.524. The van der Waals surface area contributed by atoms with Gasteiger partial charge in [-0.3, -0.25) is 14.4 Å². The van der Waals surface area contributed by atoms with E-state index >= 15 is 0 Å². The number of halogens is 1. The Morgan fingerprint density at radius 1 is 1.14 bits per heavy atom. The molecule has 0 unspecified atom stereocenters. The summed E-state index contributed by atoms with van der Waals surface area (Å²) in [6, 6.07) is 3.68. The molecule has 0 bridgehead atoms. The summed E-state index contributed by atoms with van der Waals surface area (Å²) in [6.07, 6.45) is 3.71. The number of thiazole rings is 1. The number of fused-ring (bicyclic) bond motifs is 1. The summed E-state index contributed by atoms with van der Waals surface area (Å²) in [6.45, 7) is 19.5. The summed E-state index contributed by atoms with van der Waals surface area (Å²) >= 11 is 5.16. The third-order valence-corrected chi connectivity index (χ3v) is 13.1. The molecule has 2 amide bonds. The lowest BCUT2D eigenvalue weighted by atomic mass is 9.85. The molecule has 2 aromatic heterocycles. The number of carboxylic acid groups (broad SMARTS) is 1. The average Bonchev–Trinajstić information content (AvgIpc) is 3.55. The maximum Gasteiger partial charge on any atom is 0.408 e. The predicted molar refractivity (Wildman–Crippen MR) is 221 cm³/mol. The number of aryl methyl sites for hydroxylation is 1. The first-order valence-electron chi connectivity index (χ1n) is 19.3. The number of aromatic nitrogens is 2. The fourth-order valence-corrected chi connectivity index (χ4v) is 8.79. The SMILES string of the molecule is C=C[C@@H]1C[C@]1(CC(=O)[C@@H]1C[C@H](Oc2cc(-c3csc(NC(=C)C(C)C)n3)nc3c(Br)c(C)ccc23)CN1C(=O)[C@@H](NC(=O)OC1CCCC1)C(C)(C)C)C(=O)O. The summed E-state index contributed by atoms with van der Waals surface area (Å²) in [5.74, 6) is -1.53. The van der Waals surface area contributed by atoms with Crippen LogP contribution in [0.25, 0.3) is 22.3 Å². The number of alkyl carbamates (subject to hydrolysis) is 1. The van der Waals surface area contributed by atoms with Crippen LogP contribution in [-0.2, 0) is 19.1 Å². The van der Waals surface area contributed by atoms with Crippen LogP contribution in [0.15, 0.2) is 53.0 Å². The smallest absolute Gasteiger partial charge is 0.408 e. The molecule has 12 nitrogen and oxygen atoms in total. The highest BCUT2D eigenvalue weighted by Gasteiger charge is 2.61. The van der Waals surface area contributed by atoms with Crippen LogP contribution in [0.2, 0.25) is 0 Å². The van der Waals surface area contributed by atoms with Crippen molar-refractivity contribution in [3.63, 3.8) is 0 Å². The van der Waals surface area contributed by atoms with Crippen molar-refractivity contribution in [2.24, 2.45) is 22.7 Å². The van der Waals surface area contributed by atoms with Crippen LogP contribution in [0.4, 0.5) is 9.93 Å². The highest BCUT2D eigenvalue weighted by atomic mass is 79.9. The number of rotatable bonds is 14. The van der Waals surface area contributed by atoms with Gasteiger partial charge in [-0.25, -0.2) is 14.8 Å². The van der Waals surface area contributed by atoms with Gasteiger partial charge in [0.1, 0.15) is 29.7 Å². The van der Waals surface area contributed by atoms with Gasteiger partial charge < -0.3 is 30.1 Å². The maximum absolute atomic E-state index is 14.6. The lowest BCUT2D eigenvalue weighted by Gasteiger charge is -2.35. The van der Waals surface area contributed by atoms with Gasteiger partial charge in [-0.2, -0.15) is 0 Å². The van der Waals surface area contributed by atoms with Gasteiger partial charge in [-0.05, 0) is 83.8 Å². The van der Waals surface area contributed by atoms with Gasteiger partial charge in [-0.1, -0.05) is 53.3 Å². The molecular weight excluding hydrogens is 798 g/mol. The van der Waals surface area contributed by atoms with Crippen LogP contribution in [0.1, 0.15) is 85.1 Å². The Kier molecular flexibility index (Phi) is 12.0. The molecule has 56 heavy (non-hydrogen) atoms. The molecule has 2 saturated carbocycles. The summed E-state index contributed by atoms with van der Waals surface area (Å²) in [5, 5.41) is 19.6. The standard InChI is InChI=1S/C42H52BrN5O7S/c1-9-25-18-42(25,38(51)52)19-32(49)31-16-27(20-48(31)37(50)36(41(6,7)8)47-40(53)55-26-12-10-11-13-26)54-33-17-29(45-35-28(33)15-14-23(4)34(35)43)30-21-56-39(46-30)44-24(5)22(2)3/h9,14-15,17,21-22,25-27,31,36H,1,5,10-13,16,18-20H2,2-4,6-8H3,(H,44,46)(H,47,53)(H,51,52)/t25-,27+,31+,36-,42-/m1/s1. The fourth-order valence-electron chi connectivity index (χ4n) is 7.62. The Balaban J connectivity index is 1.33. The zero-order valence-electron chi connectivity index (χ0n) is 32.9. The Morgan fingerprint density at radius 2 is 1.86 bits per heavy atom. The number of allylic oxidation sites excluding steroid dienone is 2. The number of benzene rings is 1. The van der Waals surface area contributed by atoms with E-state index in [-0.39, 0.29) is 43.1 Å². The number of anilines is 1. The van der Waals surface area contributed by atoms with Crippen LogP contribution in [0.5, 0.6) is 5.75 Å². The van der Waals surface area contributed by atoms with E-state index in [1.54, 1.807) is 6.08 Å². The second-order valence-corrected chi connectivity index (χ2v) is 18.5. The average molecular weight is 851 g/mol. The highest BCUT2D eigenvalue weighted by molar-refractivity contribution is 9.10. The van der Waals surface area contributed by atoms with Crippen molar-refractivity contribution in [3.05, 3.63) is 58.5 Å². The van der Waals surface area contributed by atoms with E-state index < -0.39 is 47.0 Å². The number of ketones is 1. The van der Waals surface area contributed by atoms with Gasteiger partial charge in [0.05, 0.1) is 29.2 Å². The van der Waals surface area contributed by atoms with Crippen molar-refractivity contribution < 1.29 is 33.8 Å². The number of pyridine rings is 1. The number of carboxylic acids is 1. The first-order valence-corrected chi connectivity index (χ1v) is 20.9. The van der Waals surface area contributed by atoms with Gasteiger partial charge in [0.25, 0.3) is 0 Å². The van der Waals surface area contributed by atoms with Crippen LogP contribution < -0.4 is 15.4 Å². The second kappa shape index (κ2) is 16.3. The van der Waals surface area contributed by atoms with Gasteiger partial charge in [0, 0.05) is 39.8 Å². The van der Waals surface area contributed by atoms with Crippen molar-refractivity contribution in [2.45, 2.75) is 111 Å². The molecule has 0 spiro atoms. The highest BCUT2D eigenvalue weighted by Crippen LogP contribution is 2.56. The van der Waals surface area contributed by atoms with Crippen LogP contribution >= 0.6 is 27.3 Å². The van der Waals surface area contributed by atoms with Gasteiger partial charge in [-0.15, -0.1) is 17.9 Å². The largest absolute Gasteiger partial charge is 0.488 e. The van der Waals surface area contributed by atoms with E-state index in [0.29, 0.717) is 34.2 Å². The zero-order chi connectivity index (χ0) is 40.7. The number of carbonyl (C=O) groups excluding carboxylic acids is 3. The number of nitrogens with zero attached hydrogens (tertiary/aromatic N) is 3. The van der Waals surface area contributed by atoms with Gasteiger partial charge in [0.15, 0.2) is 10.9 Å².